The molecule has 2 unspecified atom stereocenters. The van der Waals surface area contributed by atoms with Gasteiger partial charge in [-0.2, -0.15) is 16.3 Å². The van der Waals surface area contributed by atoms with E-state index >= 15 is 0 Å². The van der Waals surface area contributed by atoms with Crippen molar-refractivity contribution in [3.8, 4) is 11.4 Å². The average Bonchev–Trinajstić information content (AvgIpc) is 3.00. The van der Waals surface area contributed by atoms with Crippen LogP contribution in [0.2, 0.25) is 0 Å². The highest BCUT2D eigenvalue weighted by atomic mass is 32.1. The molecule has 3 rings (SSSR count). The van der Waals surface area contributed by atoms with Gasteiger partial charge in [0, 0.05) is 10.9 Å². The monoisotopic (exact) mass is 249 g/mol. The number of nitrogens with one attached hydrogen (secondary N) is 1. The summed E-state index contributed by atoms with van der Waals surface area (Å²) in [6.45, 7) is 3.26. The van der Waals surface area contributed by atoms with E-state index in [1.54, 1.807) is 11.3 Å². The van der Waals surface area contributed by atoms with Crippen molar-refractivity contribution in [2.45, 2.75) is 25.8 Å². The Morgan fingerprint density at radius 2 is 2.47 bits per heavy atom. The summed E-state index contributed by atoms with van der Waals surface area (Å²) in [4.78, 5) is 4.49. The minimum atomic E-state index is 0.212. The Morgan fingerprint density at radius 1 is 1.53 bits per heavy atom. The molecule has 1 aliphatic heterocycles. The van der Waals surface area contributed by atoms with Gasteiger partial charge in [0.05, 0.1) is 6.04 Å². The molecule has 90 valence electrons. The van der Waals surface area contributed by atoms with Gasteiger partial charge in [0.25, 0.3) is 0 Å². The van der Waals surface area contributed by atoms with E-state index in [1.165, 1.54) is 12.8 Å². The zero-order valence-electron chi connectivity index (χ0n) is 9.72. The SMILES string of the molecule is CC1CCCNC1c1nc(-c2ccsc2)no1. The topological polar surface area (TPSA) is 51.0 Å². The minimum absolute atomic E-state index is 0.212. The Balaban J connectivity index is 1.84. The Morgan fingerprint density at radius 3 is 3.24 bits per heavy atom. The van der Waals surface area contributed by atoms with Crippen molar-refractivity contribution in [3.05, 3.63) is 22.7 Å². The fourth-order valence-electron chi connectivity index (χ4n) is 2.25. The summed E-state index contributed by atoms with van der Waals surface area (Å²) < 4.78 is 5.38. The fourth-order valence-corrected chi connectivity index (χ4v) is 2.88. The summed E-state index contributed by atoms with van der Waals surface area (Å²) in [5.41, 5.74) is 1.04. The first-order valence-electron chi connectivity index (χ1n) is 5.94. The van der Waals surface area contributed by atoms with Gasteiger partial charge in [-0.25, -0.2) is 0 Å². The van der Waals surface area contributed by atoms with E-state index in [0.717, 1.165) is 18.0 Å². The lowest BCUT2D eigenvalue weighted by Gasteiger charge is -2.26. The van der Waals surface area contributed by atoms with Gasteiger partial charge in [0.1, 0.15) is 0 Å². The van der Waals surface area contributed by atoms with E-state index in [0.29, 0.717) is 11.7 Å². The molecular formula is C12H15N3OS. The quantitative estimate of drug-likeness (QED) is 0.889. The maximum atomic E-state index is 5.38. The summed E-state index contributed by atoms with van der Waals surface area (Å²) in [7, 11) is 0. The smallest absolute Gasteiger partial charge is 0.244 e. The maximum Gasteiger partial charge on any atom is 0.244 e. The third-order valence-corrected chi connectivity index (χ3v) is 3.94. The normalized spacial score (nSPS) is 25.0. The van der Waals surface area contributed by atoms with Crippen molar-refractivity contribution in [1.29, 1.82) is 0 Å². The lowest BCUT2D eigenvalue weighted by molar-refractivity contribution is 0.239. The first-order chi connectivity index (χ1) is 8.34. The predicted molar refractivity (Wildman–Crippen MR) is 66.8 cm³/mol. The molecular weight excluding hydrogens is 234 g/mol. The molecule has 2 aromatic rings. The summed E-state index contributed by atoms with van der Waals surface area (Å²) >= 11 is 1.64. The highest BCUT2D eigenvalue weighted by Crippen LogP contribution is 2.29. The van der Waals surface area contributed by atoms with E-state index in [2.05, 4.69) is 22.4 Å². The molecule has 2 atom stereocenters. The first-order valence-corrected chi connectivity index (χ1v) is 6.88. The van der Waals surface area contributed by atoms with Crippen molar-refractivity contribution >= 4 is 11.3 Å². The van der Waals surface area contributed by atoms with Crippen LogP contribution in [-0.2, 0) is 0 Å². The van der Waals surface area contributed by atoms with E-state index in [9.17, 15) is 0 Å². The number of aromatic nitrogens is 2. The molecule has 0 spiro atoms. The molecule has 0 amide bonds. The molecule has 0 aliphatic carbocycles. The molecule has 5 heteroatoms. The number of rotatable bonds is 2. The molecule has 1 N–H and O–H groups in total. The van der Waals surface area contributed by atoms with Gasteiger partial charge in [0.15, 0.2) is 0 Å². The Hall–Kier alpha value is -1.20. The molecule has 2 aromatic heterocycles. The number of piperidine rings is 1. The molecule has 0 saturated carbocycles. The van der Waals surface area contributed by atoms with Crippen LogP contribution >= 0.6 is 11.3 Å². The lowest BCUT2D eigenvalue weighted by Crippen LogP contribution is -2.33. The number of hydrogen-bond acceptors (Lipinski definition) is 5. The largest absolute Gasteiger partial charge is 0.337 e. The van der Waals surface area contributed by atoms with Crippen LogP contribution in [0.1, 0.15) is 31.7 Å². The second kappa shape index (κ2) is 4.58. The number of thiophene rings is 1. The van der Waals surface area contributed by atoms with Crippen LogP contribution in [0.15, 0.2) is 21.3 Å². The molecule has 3 heterocycles. The van der Waals surface area contributed by atoms with Crippen molar-refractivity contribution < 1.29 is 4.52 Å². The van der Waals surface area contributed by atoms with Crippen LogP contribution in [-0.4, -0.2) is 16.7 Å². The molecule has 4 nitrogen and oxygen atoms in total. The van der Waals surface area contributed by atoms with Gasteiger partial charge in [-0.05, 0) is 36.8 Å². The summed E-state index contributed by atoms with van der Waals surface area (Å²) in [5, 5.41) is 11.6. The third kappa shape index (κ3) is 2.12. The van der Waals surface area contributed by atoms with Gasteiger partial charge in [0.2, 0.25) is 11.7 Å². The predicted octanol–water partition coefficient (Wildman–Crippen LogP) is 2.86. The highest BCUT2D eigenvalue weighted by molar-refractivity contribution is 7.08. The van der Waals surface area contributed by atoms with Crippen molar-refractivity contribution in [3.63, 3.8) is 0 Å². The zero-order valence-corrected chi connectivity index (χ0v) is 10.5. The molecule has 17 heavy (non-hydrogen) atoms. The van der Waals surface area contributed by atoms with Crippen molar-refractivity contribution in [2.75, 3.05) is 6.54 Å². The molecule has 0 radical (unpaired) electrons. The lowest BCUT2D eigenvalue weighted by atomic mass is 9.93. The highest BCUT2D eigenvalue weighted by Gasteiger charge is 2.27. The van der Waals surface area contributed by atoms with Crippen LogP contribution in [0.3, 0.4) is 0 Å². The maximum absolute atomic E-state index is 5.38. The van der Waals surface area contributed by atoms with Gasteiger partial charge in [-0.1, -0.05) is 12.1 Å². The minimum Gasteiger partial charge on any atom is -0.337 e. The van der Waals surface area contributed by atoms with Gasteiger partial charge >= 0.3 is 0 Å². The molecule has 0 aromatic carbocycles. The third-order valence-electron chi connectivity index (χ3n) is 3.26. The Labute approximate surface area is 104 Å². The van der Waals surface area contributed by atoms with Gasteiger partial charge in [-0.15, -0.1) is 0 Å². The van der Waals surface area contributed by atoms with E-state index < -0.39 is 0 Å². The van der Waals surface area contributed by atoms with Crippen LogP contribution in [0.25, 0.3) is 11.4 Å². The Kier molecular flexibility index (Phi) is 2.94. The standard InChI is InChI=1S/C12H15N3OS/c1-8-3-2-5-13-10(8)12-14-11(15-16-12)9-4-6-17-7-9/h4,6-8,10,13H,2-3,5H2,1H3. The second-order valence-electron chi connectivity index (χ2n) is 4.52. The van der Waals surface area contributed by atoms with Crippen LogP contribution in [0, 0.1) is 5.92 Å². The van der Waals surface area contributed by atoms with Gasteiger partial charge in [-0.3, -0.25) is 0 Å². The summed E-state index contributed by atoms with van der Waals surface area (Å²) in [5.74, 6) is 1.97. The fraction of sp³-hybridized carbons (Fsp3) is 0.500. The molecule has 1 fully saturated rings. The van der Waals surface area contributed by atoms with E-state index in [-0.39, 0.29) is 6.04 Å². The number of hydrogen-bond donors (Lipinski definition) is 1. The van der Waals surface area contributed by atoms with Crippen molar-refractivity contribution in [1.82, 2.24) is 15.5 Å². The molecule has 0 bridgehead atoms. The first kappa shape index (κ1) is 10.9. The molecule has 1 aliphatic rings. The van der Waals surface area contributed by atoms with Crippen molar-refractivity contribution in [2.24, 2.45) is 5.92 Å². The van der Waals surface area contributed by atoms with Crippen LogP contribution in [0.4, 0.5) is 0 Å². The van der Waals surface area contributed by atoms with Crippen LogP contribution < -0.4 is 5.32 Å². The van der Waals surface area contributed by atoms with Gasteiger partial charge < -0.3 is 9.84 Å². The van der Waals surface area contributed by atoms with E-state index in [4.69, 9.17) is 4.52 Å². The van der Waals surface area contributed by atoms with E-state index in [1.807, 2.05) is 16.8 Å². The number of nitrogens with zero attached hydrogens (tertiary/aromatic N) is 2. The van der Waals surface area contributed by atoms with Crippen LogP contribution in [0.5, 0.6) is 0 Å². The molecule has 1 saturated heterocycles. The summed E-state index contributed by atoms with van der Waals surface area (Å²) in [6, 6.07) is 2.22. The Bertz CT molecular complexity index is 480. The average molecular weight is 249 g/mol. The zero-order chi connectivity index (χ0) is 11.7. The second-order valence-corrected chi connectivity index (χ2v) is 5.30. The summed E-state index contributed by atoms with van der Waals surface area (Å²) in [6.07, 6.45) is 2.44.